The molecule has 0 aromatic heterocycles. The highest BCUT2D eigenvalue weighted by Gasteiger charge is 2.03. The molecular formula is C10H11BrClF. The summed E-state index contributed by atoms with van der Waals surface area (Å²) < 4.78 is 12.7. The lowest BCUT2D eigenvalue weighted by molar-refractivity contribution is 0.626. The molecule has 0 spiro atoms. The first-order valence-corrected chi connectivity index (χ1v) is 5.47. The summed E-state index contributed by atoms with van der Waals surface area (Å²) in [5, 5.41) is 0.521. The number of alkyl halides is 1. The van der Waals surface area contributed by atoms with Crippen molar-refractivity contribution in [2.45, 2.75) is 24.6 Å². The lowest BCUT2D eigenvalue weighted by Crippen LogP contribution is -1.95. The first-order valence-electron chi connectivity index (χ1n) is 4.17. The Balaban J connectivity index is 2.67. The normalized spacial score (nSPS) is 12.9. The van der Waals surface area contributed by atoms with Gasteiger partial charge in [0.25, 0.3) is 0 Å². The van der Waals surface area contributed by atoms with Gasteiger partial charge in [-0.2, -0.15) is 0 Å². The van der Waals surface area contributed by atoms with Gasteiger partial charge in [0.2, 0.25) is 0 Å². The maximum atomic E-state index is 12.7. The molecule has 1 aromatic carbocycles. The maximum absolute atomic E-state index is 12.7. The summed E-state index contributed by atoms with van der Waals surface area (Å²) in [5.41, 5.74) is 1.01. The SMILES string of the molecule is CC(Br)CCc1ccc(F)cc1Cl. The molecule has 0 aliphatic heterocycles. The zero-order valence-electron chi connectivity index (χ0n) is 7.36. The Labute approximate surface area is 91.2 Å². The van der Waals surface area contributed by atoms with Crippen molar-refractivity contribution < 1.29 is 4.39 Å². The Bertz CT molecular complexity index is 286. The van der Waals surface area contributed by atoms with Gasteiger partial charge >= 0.3 is 0 Å². The molecule has 0 nitrogen and oxygen atoms in total. The van der Waals surface area contributed by atoms with Gasteiger partial charge in [-0.15, -0.1) is 0 Å². The van der Waals surface area contributed by atoms with E-state index in [1.807, 2.05) is 0 Å². The number of hydrogen-bond acceptors (Lipinski definition) is 0. The van der Waals surface area contributed by atoms with Crippen LogP contribution < -0.4 is 0 Å². The highest BCUT2D eigenvalue weighted by molar-refractivity contribution is 9.09. The van der Waals surface area contributed by atoms with E-state index in [9.17, 15) is 4.39 Å². The van der Waals surface area contributed by atoms with E-state index < -0.39 is 0 Å². The predicted molar refractivity (Wildman–Crippen MR) is 58.1 cm³/mol. The quantitative estimate of drug-likeness (QED) is 0.719. The summed E-state index contributed by atoms with van der Waals surface area (Å²) in [6.07, 6.45) is 1.89. The van der Waals surface area contributed by atoms with Crippen molar-refractivity contribution in [1.82, 2.24) is 0 Å². The van der Waals surface area contributed by atoms with E-state index >= 15 is 0 Å². The lowest BCUT2D eigenvalue weighted by Gasteiger charge is -2.05. The number of hydrogen-bond donors (Lipinski definition) is 0. The van der Waals surface area contributed by atoms with Crippen molar-refractivity contribution in [3.8, 4) is 0 Å². The number of halogens is 3. The van der Waals surface area contributed by atoms with Crippen LogP contribution in [0.25, 0.3) is 0 Å². The summed E-state index contributed by atoms with van der Waals surface area (Å²) in [6.45, 7) is 2.08. The second kappa shape index (κ2) is 4.97. The number of rotatable bonds is 3. The second-order valence-corrected chi connectivity index (χ2v) is 5.03. The Morgan fingerprint density at radius 2 is 2.23 bits per heavy atom. The molecule has 3 heteroatoms. The Morgan fingerprint density at radius 1 is 1.54 bits per heavy atom. The van der Waals surface area contributed by atoms with Crippen molar-refractivity contribution in [2.24, 2.45) is 0 Å². The summed E-state index contributed by atoms with van der Waals surface area (Å²) in [6, 6.07) is 4.54. The molecule has 0 N–H and O–H groups in total. The fourth-order valence-corrected chi connectivity index (χ4v) is 1.57. The van der Waals surface area contributed by atoms with Crippen molar-refractivity contribution in [1.29, 1.82) is 0 Å². The number of benzene rings is 1. The fourth-order valence-electron chi connectivity index (χ4n) is 1.08. The smallest absolute Gasteiger partial charge is 0.124 e. The molecule has 0 saturated heterocycles. The monoisotopic (exact) mass is 264 g/mol. The summed E-state index contributed by atoms with van der Waals surface area (Å²) >= 11 is 9.31. The van der Waals surface area contributed by atoms with Gasteiger partial charge in [0.1, 0.15) is 5.82 Å². The van der Waals surface area contributed by atoms with Gasteiger partial charge in [0.15, 0.2) is 0 Å². The third kappa shape index (κ3) is 3.65. The van der Waals surface area contributed by atoms with Crippen LogP contribution in [0.2, 0.25) is 5.02 Å². The minimum absolute atomic E-state index is 0.277. The summed E-state index contributed by atoms with van der Waals surface area (Å²) in [5.74, 6) is -0.277. The molecule has 0 amide bonds. The van der Waals surface area contributed by atoms with Crippen LogP contribution in [0.5, 0.6) is 0 Å². The first kappa shape index (κ1) is 11.0. The van der Waals surface area contributed by atoms with Gasteiger partial charge in [-0.3, -0.25) is 0 Å². The van der Waals surface area contributed by atoms with Crippen LogP contribution >= 0.6 is 27.5 Å². The minimum Gasteiger partial charge on any atom is -0.207 e. The molecule has 13 heavy (non-hydrogen) atoms. The average Bonchev–Trinajstić information content (AvgIpc) is 2.02. The van der Waals surface area contributed by atoms with Crippen LogP contribution in [0, 0.1) is 5.82 Å². The molecule has 1 atom stereocenters. The van der Waals surface area contributed by atoms with Gasteiger partial charge in [-0.25, -0.2) is 4.39 Å². The van der Waals surface area contributed by atoms with Crippen molar-refractivity contribution in [2.75, 3.05) is 0 Å². The molecule has 0 fully saturated rings. The van der Waals surface area contributed by atoms with E-state index in [1.165, 1.54) is 12.1 Å². The highest BCUT2D eigenvalue weighted by atomic mass is 79.9. The van der Waals surface area contributed by atoms with Gasteiger partial charge in [0.05, 0.1) is 0 Å². The molecule has 0 bridgehead atoms. The van der Waals surface area contributed by atoms with Crippen LogP contribution in [0.1, 0.15) is 18.9 Å². The van der Waals surface area contributed by atoms with E-state index in [0.29, 0.717) is 9.85 Å². The van der Waals surface area contributed by atoms with Crippen LogP contribution in [-0.2, 0) is 6.42 Å². The van der Waals surface area contributed by atoms with Gasteiger partial charge < -0.3 is 0 Å². The van der Waals surface area contributed by atoms with Crippen molar-refractivity contribution in [3.63, 3.8) is 0 Å². The highest BCUT2D eigenvalue weighted by Crippen LogP contribution is 2.20. The van der Waals surface area contributed by atoms with Crippen LogP contribution in [0.15, 0.2) is 18.2 Å². The van der Waals surface area contributed by atoms with Gasteiger partial charge in [-0.1, -0.05) is 40.5 Å². The lowest BCUT2D eigenvalue weighted by atomic mass is 10.1. The molecular weight excluding hydrogens is 254 g/mol. The third-order valence-corrected chi connectivity index (χ3v) is 2.64. The Kier molecular flexibility index (Phi) is 4.20. The van der Waals surface area contributed by atoms with Crippen LogP contribution in [0.3, 0.4) is 0 Å². The Hall–Kier alpha value is -0.0800. The van der Waals surface area contributed by atoms with Crippen molar-refractivity contribution >= 4 is 27.5 Å². The van der Waals surface area contributed by atoms with E-state index in [-0.39, 0.29) is 5.82 Å². The van der Waals surface area contributed by atoms with E-state index in [0.717, 1.165) is 18.4 Å². The molecule has 0 aliphatic carbocycles. The van der Waals surface area contributed by atoms with E-state index in [2.05, 4.69) is 22.9 Å². The minimum atomic E-state index is -0.277. The maximum Gasteiger partial charge on any atom is 0.124 e. The second-order valence-electron chi connectivity index (χ2n) is 3.06. The average molecular weight is 266 g/mol. The first-order chi connectivity index (χ1) is 6.09. The van der Waals surface area contributed by atoms with Crippen LogP contribution in [0.4, 0.5) is 4.39 Å². The molecule has 1 unspecified atom stereocenters. The topological polar surface area (TPSA) is 0 Å². The number of aryl methyl sites for hydroxylation is 1. The molecule has 72 valence electrons. The largest absolute Gasteiger partial charge is 0.207 e. The molecule has 1 rings (SSSR count). The summed E-state index contributed by atoms with van der Waals surface area (Å²) in [7, 11) is 0. The standard InChI is InChI=1S/C10H11BrClF/c1-7(11)2-3-8-4-5-9(13)6-10(8)12/h4-7H,2-3H2,1H3. The summed E-state index contributed by atoms with van der Waals surface area (Å²) in [4.78, 5) is 0.466. The van der Waals surface area contributed by atoms with Crippen LogP contribution in [-0.4, -0.2) is 4.83 Å². The van der Waals surface area contributed by atoms with Crippen molar-refractivity contribution in [3.05, 3.63) is 34.6 Å². The van der Waals surface area contributed by atoms with Gasteiger partial charge in [-0.05, 0) is 30.5 Å². The molecule has 0 radical (unpaired) electrons. The predicted octanol–water partition coefficient (Wildman–Crippen LogP) is 4.20. The molecule has 0 heterocycles. The molecule has 0 aliphatic rings. The van der Waals surface area contributed by atoms with E-state index in [1.54, 1.807) is 6.07 Å². The van der Waals surface area contributed by atoms with Gasteiger partial charge in [0, 0.05) is 9.85 Å². The van der Waals surface area contributed by atoms with E-state index in [4.69, 9.17) is 11.6 Å². The third-order valence-electron chi connectivity index (χ3n) is 1.83. The fraction of sp³-hybridized carbons (Fsp3) is 0.400. The zero-order chi connectivity index (χ0) is 9.84. The molecule has 1 aromatic rings. The Morgan fingerprint density at radius 3 is 2.77 bits per heavy atom. The zero-order valence-corrected chi connectivity index (χ0v) is 9.70. The molecule has 0 saturated carbocycles.